The molecule has 0 saturated carbocycles. The van der Waals surface area contributed by atoms with Gasteiger partial charge in [-0.25, -0.2) is 4.39 Å². The summed E-state index contributed by atoms with van der Waals surface area (Å²) in [4.78, 5) is 12.0. The molecule has 2 rings (SSSR count). The van der Waals surface area contributed by atoms with Crippen molar-refractivity contribution in [3.63, 3.8) is 0 Å². The van der Waals surface area contributed by atoms with Crippen LogP contribution in [0.3, 0.4) is 0 Å². The van der Waals surface area contributed by atoms with Crippen molar-refractivity contribution < 1.29 is 22.4 Å². The molecule has 0 atom stereocenters. The van der Waals surface area contributed by atoms with Crippen LogP contribution >= 0.6 is 0 Å². The molecule has 0 aliphatic carbocycles. The highest BCUT2D eigenvalue weighted by molar-refractivity contribution is 5.92. The molecule has 8 heteroatoms. The summed E-state index contributed by atoms with van der Waals surface area (Å²) in [5, 5.41) is 5.85. The zero-order chi connectivity index (χ0) is 16.3. The number of rotatable bonds is 4. The van der Waals surface area contributed by atoms with E-state index in [1.807, 2.05) is 0 Å². The van der Waals surface area contributed by atoms with Gasteiger partial charge in [0.25, 0.3) is 5.91 Å². The molecule has 1 N–H and O–H groups in total. The fraction of sp³-hybridized carbons (Fsp3) is 0.286. The Labute approximate surface area is 123 Å². The highest BCUT2D eigenvalue weighted by Gasteiger charge is 2.35. The molecule has 0 unspecified atom stereocenters. The number of halogens is 4. The van der Waals surface area contributed by atoms with Crippen LogP contribution < -0.4 is 5.32 Å². The summed E-state index contributed by atoms with van der Waals surface area (Å²) in [6.07, 6.45) is -4.60. The van der Waals surface area contributed by atoms with Crippen molar-refractivity contribution in [2.75, 3.05) is 0 Å². The number of nitrogens with zero attached hydrogens (tertiary/aromatic N) is 2. The summed E-state index contributed by atoms with van der Waals surface area (Å²) in [6.45, 7) is 1.80. The van der Waals surface area contributed by atoms with Crippen LogP contribution in [0.5, 0.6) is 0 Å². The molecule has 0 aliphatic heterocycles. The van der Waals surface area contributed by atoms with E-state index >= 15 is 0 Å². The Morgan fingerprint density at radius 1 is 1.27 bits per heavy atom. The summed E-state index contributed by atoms with van der Waals surface area (Å²) in [5.41, 5.74) is -0.647. The quantitative estimate of drug-likeness (QED) is 0.882. The van der Waals surface area contributed by atoms with Crippen LogP contribution in [0.4, 0.5) is 17.6 Å². The monoisotopic (exact) mass is 315 g/mol. The number of amides is 1. The number of aryl methyl sites for hydroxylation is 1. The van der Waals surface area contributed by atoms with Crippen LogP contribution in [-0.2, 0) is 19.3 Å². The Balaban J connectivity index is 2.12. The second-order valence-corrected chi connectivity index (χ2v) is 4.54. The van der Waals surface area contributed by atoms with Gasteiger partial charge in [0.2, 0.25) is 0 Å². The Morgan fingerprint density at radius 2 is 1.91 bits per heavy atom. The third-order valence-electron chi connectivity index (χ3n) is 2.97. The van der Waals surface area contributed by atoms with Gasteiger partial charge in [-0.1, -0.05) is 12.1 Å². The summed E-state index contributed by atoms with van der Waals surface area (Å²) in [7, 11) is 0. The van der Waals surface area contributed by atoms with Crippen LogP contribution in [0.25, 0.3) is 0 Å². The molecule has 1 aromatic heterocycles. The number of carbonyl (C=O) groups excluding carboxylic acids is 1. The molecule has 22 heavy (non-hydrogen) atoms. The van der Waals surface area contributed by atoms with Gasteiger partial charge in [0, 0.05) is 19.2 Å². The first-order valence-corrected chi connectivity index (χ1v) is 6.49. The van der Waals surface area contributed by atoms with E-state index in [0.717, 1.165) is 4.68 Å². The molecule has 2 aromatic rings. The largest absolute Gasteiger partial charge is 0.435 e. The number of carbonyl (C=O) groups is 1. The van der Waals surface area contributed by atoms with Crippen LogP contribution in [-0.4, -0.2) is 15.7 Å². The third-order valence-corrected chi connectivity index (χ3v) is 2.97. The summed E-state index contributed by atoms with van der Waals surface area (Å²) in [6, 6.07) is 6.14. The fourth-order valence-corrected chi connectivity index (χ4v) is 1.85. The van der Waals surface area contributed by atoms with Crippen molar-refractivity contribution in [2.24, 2.45) is 0 Å². The summed E-state index contributed by atoms with van der Waals surface area (Å²) in [5.74, 6) is -1.08. The molecule has 0 spiro atoms. The molecule has 1 aromatic carbocycles. The number of alkyl halides is 3. The van der Waals surface area contributed by atoms with Crippen molar-refractivity contribution in [3.8, 4) is 0 Å². The van der Waals surface area contributed by atoms with Gasteiger partial charge >= 0.3 is 6.18 Å². The molecule has 0 bridgehead atoms. The molecule has 118 valence electrons. The maximum atomic E-state index is 12.8. The minimum absolute atomic E-state index is 0.0787. The van der Waals surface area contributed by atoms with Crippen LogP contribution in [0.1, 0.15) is 28.7 Å². The highest BCUT2D eigenvalue weighted by atomic mass is 19.4. The lowest BCUT2D eigenvalue weighted by Gasteiger charge is -2.06. The van der Waals surface area contributed by atoms with Crippen molar-refractivity contribution in [3.05, 3.63) is 53.1 Å². The third kappa shape index (κ3) is 3.63. The lowest BCUT2D eigenvalue weighted by atomic mass is 10.2. The van der Waals surface area contributed by atoms with E-state index in [0.29, 0.717) is 11.6 Å². The van der Waals surface area contributed by atoms with E-state index in [-0.39, 0.29) is 18.8 Å². The van der Waals surface area contributed by atoms with Crippen LogP contribution in [0.15, 0.2) is 30.3 Å². The van der Waals surface area contributed by atoms with Gasteiger partial charge in [-0.3, -0.25) is 9.48 Å². The second-order valence-electron chi connectivity index (χ2n) is 4.54. The zero-order valence-corrected chi connectivity index (χ0v) is 11.6. The van der Waals surface area contributed by atoms with Gasteiger partial charge in [-0.05, 0) is 24.6 Å². The number of hydrogen-bond acceptors (Lipinski definition) is 2. The molecule has 0 aliphatic rings. The second kappa shape index (κ2) is 6.17. The lowest BCUT2D eigenvalue weighted by molar-refractivity contribution is -0.141. The average molecular weight is 315 g/mol. The van der Waals surface area contributed by atoms with Gasteiger partial charge in [-0.2, -0.15) is 18.3 Å². The van der Waals surface area contributed by atoms with E-state index in [1.165, 1.54) is 24.3 Å². The Bertz CT molecular complexity index is 662. The molecular formula is C14H13F4N3O. The molecule has 4 nitrogen and oxygen atoms in total. The van der Waals surface area contributed by atoms with E-state index in [2.05, 4.69) is 10.4 Å². The van der Waals surface area contributed by atoms with E-state index in [4.69, 9.17) is 0 Å². The smallest absolute Gasteiger partial charge is 0.347 e. The fourth-order valence-electron chi connectivity index (χ4n) is 1.85. The lowest BCUT2D eigenvalue weighted by Crippen LogP contribution is -2.25. The number of hydrogen-bond donors (Lipinski definition) is 1. The number of aromatic nitrogens is 2. The Hall–Kier alpha value is -2.38. The van der Waals surface area contributed by atoms with Crippen molar-refractivity contribution in [1.82, 2.24) is 15.1 Å². The maximum Gasteiger partial charge on any atom is 0.435 e. The topological polar surface area (TPSA) is 46.9 Å². The first-order chi connectivity index (χ1) is 10.3. The first kappa shape index (κ1) is 16.0. The van der Waals surface area contributed by atoms with Gasteiger partial charge < -0.3 is 5.32 Å². The van der Waals surface area contributed by atoms with Crippen molar-refractivity contribution >= 4 is 5.91 Å². The molecule has 0 radical (unpaired) electrons. The molecular weight excluding hydrogens is 302 g/mol. The minimum Gasteiger partial charge on any atom is -0.347 e. The maximum absolute atomic E-state index is 12.8. The van der Waals surface area contributed by atoms with Crippen LogP contribution in [0.2, 0.25) is 0 Å². The van der Waals surface area contributed by atoms with E-state index in [9.17, 15) is 22.4 Å². The van der Waals surface area contributed by atoms with Gasteiger partial charge in [0.15, 0.2) is 5.69 Å². The van der Waals surface area contributed by atoms with Gasteiger partial charge in [-0.15, -0.1) is 0 Å². The predicted octanol–water partition coefficient (Wildman–Crippen LogP) is 2.99. The van der Waals surface area contributed by atoms with Gasteiger partial charge in [0.1, 0.15) is 11.5 Å². The normalized spacial score (nSPS) is 11.5. The first-order valence-electron chi connectivity index (χ1n) is 6.49. The highest BCUT2D eigenvalue weighted by Crippen LogP contribution is 2.28. The van der Waals surface area contributed by atoms with Crippen molar-refractivity contribution in [1.29, 1.82) is 0 Å². The Kier molecular flexibility index (Phi) is 4.48. The molecule has 1 amide bonds. The summed E-state index contributed by atoms with van der Waals surface area (Å²) >= 11 is 0. The van der Waals surface area contributed by atoms with Gasteiger partial charge in [0.05, 0.1) is 0 Å². The average Bonchev–Trinajstić information content (AvgIpc) is 2.90. The molecule has 0 fully saturated rings. The standard InChI is InChI=1S/C14H13F4N3O/c1-2-21-11(7-12(20-21)14(16,17)18)13(22)19-8-9-3-5-10(15)6-4-9/h3-7H,2,8H2,1H3,(H,19,22). The zero-order valence-electron chi connectivity index (χ0n) is 11.6. The number of benzene rings is 1. The van der Waals surface area contributed by atoms with Crippen LogP contribution in [0, 0.1) is 5.82 Å². The predicted molar refractivity (Wildman–Crippen MR) is 70.5 cm³/mol. The molecule has 0 saturated heterocycles. The van der Waals surface area contributed by atoms with Crippen molar-refractivity contribution in [2.45, 2.75) is 26.2 Å². The minimum atomic E-state index is -4.60. The summed E-state index contributed by atoms with van der Waals surface area (Å²) < 4.78 is 51.6. The Morgan fingerprint density at radius 3 is 2.45 bits per heavy atom. The SMILES string of the molecule is CCn1nc(C(F)(F)F)cc1C(=O)NCc1ccc(F)cc1. The van der Waals surface area contributed by atoms with E-state index < -0.39 is 23.6 Å². The van der Waals surface area contributed by atoms with E-state index in [1.54, 1.807) is 6.92 Å². The molecule has 1 heterocycles. The number of nitrogens with one attached hydrogen (secondary N) is 1.